The van der Waals surface area contributed by atoms with E-state index in [0.717, 1.165) is 49.8 Å². The molecule has 8 heteroatoms. The Hall–Kier alpha value is -2.77. The molecule has 6 nitrogen and oxygen atoms in total. The largest absolute Gasteiger partial charge is 0.341 e. The standard InChI is InChI=1S/C18H21F2N5O/c1-12-9-14(23-17(22-12)25-7-3-2-4-8-25)11-21-18(26)24-16-10-13(19)5-6-15(16)20/h5-6,9-10H,2-4,7-8,11H2,1H3,(H2,21,24,26). The van der Waals surface area contributed by atoms with E-state index in [2.05, 4.69) is 25.5 Å². The second-order valence-electron chi connectivity index (χ2n) is 6.28. The third-order valence-corrected chi connectivity index (χ3v) is 4.14. The van der Waals surface area contributed by atoms with E-state index in [1.807, 2.05) is 6.92 Å². The van der Waals surface area contributed by atoms with Crippen molar-refractivity contribution in [1.29, 1.82) is 0 Å². The topological polar surface area (TPSA) is 70.2 Å². The first-order valence-electron chi connectivity index (χ1n) is 8.61. The summed E-state index contributed by atoms with van der Waals surface area (Å²) < 4.78 is 26.7. The molecule has 0 bridgehead atoms. The number of piperidine rings is 1. The summed E-state index contributed by atoms with van der Waals surface area (Å²) in [5, 5.41) is 4.90. The van der Waals surface area contributed by atoms with Crippen LogP contribution in [-0.4, -0.2) is 29.1 Å². The van der Waals surface area contributed by atoms with Gasteiger partial charge in [0.1, 0.15) is 11.6 Å². The van der Waals surface area contributed by atoms with Crippen LogP contribution < -0.4 is 15.5 Å². The van der Waals surface area contributed by atoms with Gasteiger partial charge in [0, 0.05) is 24.8 Å². The number of aromatic nitrogens is 2. The van der Waals surface area contributed by atoms with Gasteiger partial charge in [-0.15, -0.1) is 0 Å². The van der Waals surface area contributed by atoms with E-state index in [-0.39, 0.29) is 12.2 Å². The zero-order valence-electron chi connectivity index (χ0n) is 14.6. The Morgan fingerprint density at radius 1 is 1.15 bits per heavy atom. The number of hydrogen-bond acceptors (Lipinski definition) is 4. The second kappa shape index (κ2) is 8.07. The van der Waals surface area contributed by atoms with Crippen LogP contribution in [0.1, 0.15) is 30.7 Å². The van der Waals surface area contributed by atoms with Gasteiger partial charge in [0.05, 0.1) is 17.9 Å². The average molecular weight is 361 g/mol. The first kappa shape index (κ1) is 18.0. The van der Waals surface area contributed by atoms with E-state index in [1.165, 1.54) is 6.42 Å². The number of hydrogen-bond donors (Lipinski definition) is 2. The van der Waals surface area contributed by atoms with Crippen LogP contribution in [0.4, 0.5) is 25.2 Å². The van der Waals surface area contributed by atoms with Crippen LogP contribution in [0.5, 0.6) is 0 Å². The van der Waals surface area contributed by atoms with Gasteiger partial charge in [0.25, 0.3) is 0 Å². The maximum atomic E-state index is 13.6. The molecule has 1 aliphatic rings. The highest BCUT2D eigenvalue weighted by atomic mass is 19.1. The Morgan fingerprint density at radius 3 is 2.69 bits per heavy atom. The smallest absolute Gasteiger partial charge is 0.319 e. The monoisotopic (exact) mass is 361 g/mol. The van der Waals surface area contributed by atoms with Gasteiger partial charge in [-0.2, -0.15) is 0 Å². The van der Waals surface area contributed by atoms with Crippen molar-refractivity contribution in [2.24, 2.45) is 0 Å². The maximum Gasteiger partial charge on any atom is 0.319 e. The Kier molecular flexibility index (Phi) is 5.60. The number of nitrogens with zero attached hydrogens (tertiary/aromatic N) is 3. The van der Waals surface area contributed by atoms with Gasteiger partial charge in [0.2, 0.25) is 5.95 Å². The molecule has 1 aromatic heterocycles. The zero-order chi connectivity index (χ0) is 18.5. The number of carbonyl (C=O) groups is 1. The first-order chi connectivity index (χ1) is 12.5. The van der Waals surface area contributed by atoms with Gasteiger partial charge in [-0.1, -0.05) is 0 Å². The summed E-state index contributed by atoms with van der Waals surface area (Å²) in [6.07, 6.45) is 3.45. The Bertz CT molecular complexity index is 793. The highest BCUT2D eigenvalue weighted by Gasteiger charge is 2.15. The van der Waals surface area contributed by atoms with Crippen molar-refractivity contribution in [3.05, 3.63) is 47.3 Å². The summed E-state index contributed by atoms with van der Waals surface area (Å²) in [5.41, 5.74) is 1.26. The van der Waals surface area contributed by atoms with Crippen LogP contribution in [-0.2, 0) is 6.54 Å². The van der Waals surface area contributed by atoms with Gasteiger partial charge >= 0.3 is 6.03 Å². The van der Waals surface area contributed by atoms with Crippen molar-refractivity contribution in [3.63, 3.8) is 0 Å². The molecule has 2 N–H and O–H groups in total. The summed E-state index contributed by atoms with van der Waals surface area (Å²) in [5.74, 6) is -0.663. The predicted molar refractivity (Wildman–Crippen MR) is 95.0 cm³/mol. The van der Waals surface area contributed by atoms with Crippen molar-refractivity contribution in [2.45, 2.75) is 32.7 Å². The number of aryl methyl sites for hydroxylation is 1. The van der Waals surface area contributed by atoms with Gasteiger partial charge < -0.3 is 15.5 Å². The molecular weight excluding hydrogens is 340 g/mol. The third kappa shape index (κ3) is 4.65. The van der Waals surface area contributed by atoms with Crippen LogP contribution in [0.25, 0.3) is 0 Å². The van der Waals surface area contributed by atoms with E-state index in [9.17, 15) is 13.6 Å². The molecule has 0 atom stereocenters. The fourth-order valence-corrected chi connectivity index (χ4v) is 2.87. The molecule has 1 saturated heterocycles. The fraction of sp³-hybridized carbons (Fsp3) is 0.389. The molecule has 1 fully saturated rings. The van der Waals surface area contributed by atoms with E-state index < -0.39 is 17.7 Å². The molecule has 0 saturated carbocycles. The predicted octanol–water partition coefficient (Wildman–Crippen LogP) is 3.38. The Balaban J connectivity index is 1.62. The van der Waals surface area contributed by atoms with E-state index in [1.54, 1.807) is 6.07 Å². The number of amides is 2. The number of nitrogens with one attached hydrogen (secondary N) is 2. The minimum Gasteiger partial charge on any atom is -0.341 e. The van der Waals surface area contributed by atoms with Crippen LogP contribution in [0.2, 0.25) is 0 Å². The highest BCUT2D eigenvalue weighted by Crippen LogP contribution is 2.17. The lowest BCUT2D eigenvalue weighted by Gasteiger charge is -2.27. The number of urea groups is 1. The third-order valence-electron chi connectivity index (χ3n) is 4.14. The molecule has 2 heterocycles. The SMILES string of the molecule is Cc1cc(CNC(=O)Nc2cc(F)ccc2F)nc(N2CCCCC2)n1. The minimum atomic E-state index is -0.702. The molecular formula is C18H21F2N5O. The summed E-state index contributed by atoms with van der Waals surface area (Å²) in [6.45, 7) is 3.89. The average Bonchev–Trinajstić information content (AvgIpc) is 2.63. The number of anilines is 2. The number of benzene rings is 1. The highest BCUT2D eigenvalue weighted by molar-refractivity contribution is 5.89. The number of rotatable bonds is 4. The van der Waals surface area contributed by atoms with Crippen molar-refractivity contribution in [3.8, 4) is 0 Å². The summed E-state index contributed by atoms with van der Waals surface area (Å²) >= 11 is 0. The molecule has 1 aliphatic heterocycles. The normalized spacial score (nSPS) is 14.2. The van der Waals surface area contributed by atoms with Crippen LogP contribution in [0.3, 0.4) is 0 Å². The fourth-order valence-electron chi connectivity index (χ4n) is 2.87. The molecule has 2 aromatic rings. The molecule has 26 heavy (non-hydrogen) atoms. The molecule has 2 amide bonds. The summed E-state index contributed by atoms with van der Waals surface area (Å²) in [7, 11) is 0. The van der Waals surface area contributed by atoms with Crippen LogP contribution in [0, 0.1) is 18.6 Å². The van der Waals surface area contributed by atoms with Crippen LogP contribution in [0.15, 0.2) is 24.3 Å². The lowest BCUT2D eigenvalue weighted by atomic mass is 10.1. The quantitative estimate of drug-likeness (QED) is 0.876. The number of carbonyl (C=O) groups excluding carboxylic acids is 1. The number of halogens is 2. The van der Waals surface area contributed by atoms with Gasteiger partial charge in [-0.25, -0.2) is 23.5 Å². The summed E-state index contributed by atoms with van der Waals surface area (Å²) in [4.78, 5) is 23.1. The second-order valence-corrected chi connectivity index (χ2v) is 6.28. The lowest BCUT2D eigenvalue weighted by Crippen LogP contribution is -2.32. The van der Waals surface area contributed by atoms with E-state index in [0.29, 0.717) is 11.6 Å². The molecule has 0 radical (unpaired) electrons. The molecule has 0 spiro atoms. The van der Waals surface area contributed by atoms with Gasteiger partial charge in [0.15, 0.2) is 0 Å². The van der Waals surface area contributed by atoms with Crippen molar-refractivity contribution in [1.82, 2.24) is 15.3 Å². The Labute approximate surface area is 150 Å². The van der Waals surface area contributed by atoms with Gasteiger partial charge in [-0.3, -0.25) is 0 Å². The minimum absolute atomic E-state index is 0.160. The van der Waals surface area contributed by atoms with E-state index in [4.69, 9.17) is 0 Å². The molecule has 138 valence electrons. The molecule has 0 aliphatic carbocycles. The Morgan fingerprint density at radius 2 is 1.92 bits per heavy atom. The molecule has 0 unspecified atom stereocenters. The first-order valence-corrected chi connectivity index (χ1v) is 8.61. The molecule has 1 aromatic carbocycles. The lowest BCUT2D eigenvalue weighted by molar-refractivity contribution is 0.251. The molecule has 3 rings (SSSR count). The van der Waals surface area contributed by atoms with Crippen molar-refractivity contribution in [2.75, 3.05) is 23.3 Å². The van der Waals surface area contributed by atoms with Crippen LogP contribution >= 0.6 is 0 Å². The van der Waals surface area contributed by atoms with Gasteiger partial charge in [-0.05, 0) is 44.4 Å². The maximum absolute atomic E-state index is 13.6. The zero-order valence-corrected chi connectivity index (χ0v) is 14.6. The summed E-state index contributed by atoms with van der Waals surface area (Å²) in [6, 6.07) is 4.04. The van der Waals surface area contributed by atoms with E-state index >= 15 is 0 Å². The van der Waals surface area contributed by atoms with Crippen molar-refractivity contribution < 1.29 is 13.6 Å². The van der Waals surface area contributed by atoms with Crippen molar-refractivity contribution >= 4 is 17.7 Å².